The van der Waals surface area contributed by atoms with E-state index in [1.807, 2.05) is 31.3 Å². The first-order valence-corrected chi connectivity index (χ1v) is 10.0. The lowest BCUT2D eigenvalue weighted by Crippen LogP contribution is -2.28. The van der Waals surface area contributed by atoms with Crippen LogP contribution in [-0.2, 0) is 34.7 Å². The summed E-state index contributed by atoms with van der Waals surface area (Å²) < 4.78 is 1.72. The van der Waals surface area contributed by atoms with E-state index < -0.39 is 0 Å². The second-order valence-electron chi connectivity index (χ2n) is 6.65. The average molecular weight is 391 g/mol. The molecule has 136 valence electrons. The lowest BCUT2D eigenvalue weighted by Gasteiger charge is -2.17. The Bertz CT molecular complexity index is 882. The molecule has 2 amide bonds. The molecule has 1 unspecified atom stereocenters. The number of rotatable bonds is 4. The number of fused-ring (bicyclic) bond motifs is 1. The maximum absolute atomic E-state index is 12.7. The summed E-state index contributed by atoms with van der Waals surface area (Å²) in [5.41, 5.74) is 3.03. The highest BCUT2D eigenvalue weighted by Gasteiger charge is 2.35. The number of carbonyl (C=O) groups excluding carboxylic acids is 2. The minimum atomic E-state index is -0.357. The van der Waals surface area contributed by atoms with Gasteiger partial charge in [-0.1, -0.05) is 29.8 Å². The van der Waals surface area contributed by atoms with Gasteiger partial charge in [0.1, 0.15) is 5.82 Å². The van der Waals surface area contributed by atoms with Crippen LogP contribution in [0.4, 0.5) is 5.82 Å². The van der Waals surface area contributed by atoms with E-state index in [0.29, 0.717) is 18.1 Å². The summed E-state index contributed by atoms with van der Waals surface area (Å²) in [5.74, 6) is 2.00. The van der Waals surface area contributed by atoms with Crippen LogP contribution in [0.1, 0.15) is 23.2 Å². The number of anilines is 1. The molecule has 2 aliphatic rings. The van der Waals surface area contributed by atoms with Crippen molar-refractivity contribution in [2.45, 2.75) is 24.5 Å². The van der Waals surface area contributed by atoms with E-state index in [-0.39, 0.29) is 24.2 Å². The lowest BCUT2D eigenvalue weighted by molar-refractivity contribution is -0.128. The Balaban J connectivity index is 1.44. The fraction of sp³-hybridized carbons (Fsp3) is 0.389. The standard InChI is InChI=1S/C18H19ClN4O2S/c1-22-17(13-9-26-10-15(13)21-22)20-18(25)12-6-16(24)23(8-12)7-11-4-2-3-5-14(11)19/h2-5,12H,6-10H2,1H3,(H,20,25). The number of aryl methyl sites for hydroxylation is 1. The highest BCUT2D eigenvalue weighted by atomic mass is 35.5. The summed E-state index contributed by atoms with van der Waals surface area (Å²) in [6, 6.07) is 7.47. The summed E-state index contributed by atoms with van der Waals surface area (Å²) in [5, 5.41) is 8.08. The van der Waals surface area contributed by atoms with Gasteiger partial charge in [-0.05, 0) is 11.6 Å². The number of amides is 2. The van der Waals surface area contributed by atoms with E-state index in [2.05, 4.69) is 10.4 Å². The van der Waals surface area contributed by atoms with E-state index in [1.54, 1.807) is 21.3 Å². The quantitative estimate of drug-likeness (QED) is 0.871. The minimum Gasteiger partial charge on any atom is -0.337 e. The predicted octanol–water partition coefficient (Wildman–Crippen LogP) is 2.81. The van der Waals surface area contributed by atoms with Crippen molar-refractivity contribution in [1.82, 2.24) is 14.7 Å². The molecular weight excluding hydrogens is 372 g/mol. The molecule has 1 atom stereocenters. The van der Waals surface area contributed by atoms with Crippen molar-refractivity contribution in [1.29, 1.82) is 0 Å². The Labute approximate surface area is 160 Å². The molecule has 3 heterocycles. The van der Waals surface area contributed by atoms with Gasteiger partial charge in [0.05, 0.1) is 11.6 Å². The zero-order valence-corrected chi connectivity index (χ0v) is 15.9. The van der Waals surface area contributed by atoms with Gasteiger partial charge in [0.25, 0.3) is 0 Å². The fourth-order valence-corrected chi connectivity index (χ4v) is 4.68. The first-order valence-electron chi connectivity index (χ1n) is 8.47. The van der Waals surface area contributed by atoms with Crippen molar-refractivity contribution in [2.24, 2.45) is 13.0 Å². The zero-order valence-electron chi connectivity index (χ0n) is 14.4. The molecule has 4 rings (SSSR count). The molecule has 1 N–H and O–H groups in total. The number of aromatic nitrogens is 2. The Kier molecular flexibility index (Phi) is 4.67. The molecule has 1 fully saturated rings. The van der Waals surface area contributed by atoms with E-state index in [9.17, 15) is 9.59 Å². The summed E-state index contributed by atoms with van der Waals surface area (Å²) in [6.45, 7) is 0.838. The van der Waals surface area contributed by atoms with Crippen molar-refractivity contribution in [3.63, 3.8) is 0 Å². The number of carbonyl (C=O) groups is 2. The van der Waals surface area contributed by atoms with Gasteiger partial charge in [0, 0.05) is 48.6 Å². The molecule has 26 heavy (non-hydrogen) atoms. The lowest BCUT2D eigenvalue weighted by atomic mass is 10.1. The SMILES string of the molecule is Cn1nc2c(c1NC(=O)C1CC(=O)N(Cc3ccccc3Cl)C1)CSC2. The molecule has 0 aliphatic carbocycles. The van der Waals surface area contributed by atoms with E-state index in [1.165, 1.54) is 0 Å². The molecule has 6 nitrogen and oxygen atoms in total. The first kappa shape index (κ1) is 17.4. The third-order valence-electron chi connectivity index (χ3n) is 4.86. The van der Waals surface area contributed by atoms with Crippen LogP contribution in [0.15, 0.2) is 24.3 Å². The fourth-order valence-electron chi connectivity index (χ4n) is 3.45. The van der Waals surface area contributed by atoms with Gasteiger partial charge in [-0.15, -0.1) is 0 Å². The van der Waals surface area contributed by atoms with E-state index >= 15 is 0 Å². The van der Waals surface area contributed by atoms with Crippen LogP contribution in [0.25, 0.3) is 0 Å². The zero-order chi connectivity index (χ0) is 18.3. The molecular formula is C18H19ClN4O2S. The van der Waals surface area contributed by atoms with E-state index in [0.717, 1.165) is 34.1 Å². The predicted molar refractivity (Wildman–Crippen MR) is 102 cm³/mol. The molecule has 0 saturated carbocycles. The van der Waals surface area contributed by atoms with Gasteiger partial charge in [-0.3, -0.25) is 14.3 Å². The molecule has 1 aromatic carbocycles. The number of benzene rings is 1. The van der Waals surface area contributed by atoms with Crippen LogP contribution in [0, 0.1) is 5.92 Å². The first-order chi connectivity index (χ1) is 12.5. The summed E-state index contributed by atoms with van der Waals surface area (Å²) >= 11 is 7.98. The van der Waals surface area contributed by atoms with Crippen molar-refractivity contribution >= 4 is 41.0 Å². The van der Waals surface area contributed by atoms with Crippen LogP contribution in [0.5, 0.6) is 0 Å². The van der Waals surface area contributed by atoms with Gasteiger partial charge >= 0.3 is 0 Å². The van der Waals surface area contributed by atoms with Gasteiger partial charge < -0.3 is 10.2 Å². The number of likely N-dealkylation sites (tertiary alicyclic amines) is 1. The minimum absolute atomic E-state index is 0.0177. The highest BCUT2D eigenvalue weighted by Crippen LogP contribution is 2.34. The Morgan fingerprint density at radius 1 is 1.38 bits per heavy atom. The van der Waals surface area contributed by atoms with Gasteiger partial charge in [-0.2, -0.15) is 16.9 Å². The van der Waals surface area contributed by atoms with Crippen molar-refractivity contribution in [3.05, 3.63) is 46.1 Å². The normalized spacial score (nSPS) is 19.1. The molecule has 8 heteroatoms. The van der Waals surface area contributed by atoms with Gasteiger partial charge in [-0.25, -0.2) is 0 Å². The summed E-state index contributed by atoms with van der Waals surface area (Å²) in [7, 11) is 1.84. The number of halogens is 1. The van der Waals surface area contributed by atoms with Crippen molar-refractivity contribution in [2.75, 3.05) is 11.9 Å². The monoisotopic (exact) mass is 390 g/mol. The van der Waals surface area contributed by atoms with Gasteiger partial charge in [0.2, 0.25) is 11.8 Å². The summed E-state index contributed by atoms with van der Waals surface area (Å²) in [6.07, 6.45) is 0.227. The maximum Gasteiger partial charge on any atom is 0.230 e. The molecule has 0 bridgehead atoms. The molecule has 0 radical (unpaired) electrons. The Morgan fingerprint density at radius 3 is 3.00 bits per heavy atom. The molecule has 0 spiro atoms. The Hall–Kier alpha value is -1.99. The van der Waals surface area contributed by atoms with Crippen LogP contribution in [0.3, 0.4) is 0 Å². The summed E-state index contributed by atoms with van der Waals surface area (Å²) in [4.78, 5) is 26.8. The molecule has 1 aromatic heterocycles. The molecule has 2 aliphatic heterocycles. The number of hydrogen-bond acceptors (Lipinski definition) is 4. The van der Waals surface area contributed by atoms with Gasteiger partial charge in [0.15, 0.2) is 0 Å². The smallest absolute Gasteiger partial charge is 0.230 e. The average Bonchev–Trinajstić information content (AvgIpc) is 3.28. The number of nitrogens with zero attached hydrogens (tertiary/aromatic N) is 3. The maximum atomic E-state index is 12.7. The van der Waals surface area contributed by atoms with Crippen LogP contribution in [0.2, 0.25) is 5.02 Å². The van der Waals surface area contributed by atoms with Crippen molar-refractivity contribution in [3.8, 4) is 0 Å². The highest BCUT2D eigenvalue weighted by molar-refractivity contribution is 7.98. The Morgan fingerprint density at radius 2 is 2.19 bits per heavy atom. The largest absolute Gasteiger partial charge is 0.337 e. The second kappa shape index (κ2) is 6.96. The van der Waals surface area contributed by atoms with E-state index in [4.69, 9.17) is 11.6 Å². The molecule has 2 aromatic rings. The third kappa shape index (κ3) is 3.21. The van der Waals surface area contributed by atoms with Crippen LogP contribution < -0.4 is 5.32 Å². The molecule has 1 saturated heterocycles. The third-order valence-corrected chi connectivity index (χ3v) is 6.20. The van der Waals surface area contributed by atoms with Crippen molar-refractivity contribution < 1.29 is 9.59 Å². The number of thioether (sulfide) groups is 1. The number of nitrogens with one attached hydrogen (secondary N) is 1. The second-order valence-corrected chi connectivity index (χ2v) is 8.04. The topological polar surface area (TPSA) is 67.2 Å². The number of hydrogen-bond donors (Lipinski definition) is 1. The van der Waals surface area contributed by atoms with Crippen LogP contribution in [-0.4, -0.2) is 33.0 Å². The van der Waals surface area contributed by atoms with Crippen LogP contribution >= 0.6 is 23.4 Å².